The molecule has 40 heavy (non-hydrogen) atoms. The molecule has 7 rings (SSSR count). The number of hydrogen-bond donors (Lipinski definition) is 0. The first-order valence-electron chi connectivity index (χ1n) is 13.3. The second kappa shape index (κ2) is 11.4. The lowest BCUT2D eigenvalue weighted by Crippen LogP contribution is -2.44. The molecule has 4 aromatic carbocycles. The first-order valence-corrected chi connectivity index (χ1v) is 13.3. The molecule has 0 aliphatic heterocycles. The van der Waals surface area contributed by atoms with Crippen LogP contribution < -0.4 is 0 Å². The Kier molecular flexibility index (Phi) is 7.16. The molecule has 0 saturated heterocycles. The summed E-state index contributed by atoms with van der Waals surface area (Å²) in [5.41, 5.74) is 6.42. The van der Waals surface area contributed by atoms with Gasteiger partial charge in [-0.3, -0.25) is 0 Å². The SMILES string of the molecule is O=C(C#Cc1ccccc1)OC[C@@H]1C2c3ccccc3C(c3ccccc32)[C@H]1COC(=O)C#Cc1ccccc1. The third-order valence-corrected chi connectivity index (χ3v) is 7.72. The number of esters is 2. The van der Waals surface area contributed by atoms with E-state index in [0.29, 0.717) is 0 Å². The molecule has 4 nitrogen and oxygen atoms in total. The average Bonchev–Trinajstić information content (AvgIpc) is 3.01. The van der Waals surface area contributed by atoms with Crippen LogP contribution in [-0.4, -0.2) is 25.2 Å². The van der Waals surface area contributed by atoms with Crippen LogP contribution in [0, 0.1) is 35.5 Å². The zero-order valence-electron chi connectivity index (χ0n) is 21.7. The molecule has 0 amide bonds. The lowest BCUT2D eigenvalue weighted by molar-refractivity contribution is -0.143. The lowest BCUT2D eigenvalue weighted by atomic mass is 9.54. The van der Waals surface area contributed by atoms with Crippen LogP contribution in [-0.2, 0) is 19.1 Å². The number of ether oxygens (including phenoxy) is 2. The Labute approximate surface area is 234 Å². The number of fused-ring (bicyclic) bond motifs is 1. The van der Waals surface area contributed by atoms with E-state index in [1.165, 1.54) is 22.3 Å². The maximum atomic E-state index is 12.6. The van der Waals surface area contributed by atoms with Gasteiger partial charge in [-0.1, -0.05) is 96.8 Å². The van der Waals surface area contributed by atoms with Crippen LogP contribution in [0.15, 0.2) is 109 Å². The Morgan fingerprint density at radius 1 is 0.500 bits per heavy atom. The van der Waals surface area contributed by atoms with E-state index in [4.69, 9.17) is 9.47 Å². The lowest BCUT2D eigenvalue weighted by Gasteiger charge is -2.50. The maximum Gasteiger partial charge on any atom is 0.384 e. The molecule has 0 radical (unpaired) electrons. The predicted molar refractivity (Wildman–Crippen MR) is 152 cm³/mol. The monoisotopic (exact) mass is 522 g/mol. The van der Waals surface area contributed by atoms with Gasteiger partial charge in [0.2, 0.25) is 0 Å². The molecule has 4 heteroatoms. The van der Waals surface area contributed by atoms with Crippen LogP contribution in [0.5, 0.6) is 0 Å². The van der Waals surface area contributed by atoms with E-state index in [1.807, 2.05) is 84.9 Å². The number of benzene rings is 4. The molecule has 0 fully saturated rings. The van der Waals surface area contributed by atoms with Crippen LogP contribution in [0.25, 0.3) is 0 Å². The van der Waals surface area contributed by atoms with Gasteiger partial charge in [0.1, 0.15) is 0 Å². The highest BCUT2D eigenvalue weighted by Gasteiger charge is 2.50. The molecular weight excluding hydrogens is 496 g/mol. The Balaban J connectivity index is 1.27. The van der Waals surface area contributed by atoms with E-state index in [1.54, 1.807) is 0 Å². The normalized spacial score (nSPS) is 19.5. The van der Waals surface area contributed by atoms with E-state index in [0.717, 1.165) is 11.1 Å². The summed E-state index contributed by atoms with van der Waals surface area (Å²) in [6, 6.07) is 35.5. The number of carbonyl (C=O) groups is 2. The number of hydrogen-bond acceptors (Lipinski definition) is 4. The van der Waals surface area contributed by atoms with Gasteiger partial charge >= 0.3 is 11.9 Å². The molecule has 3 aliphatic rings. The molecule has 194 valence electrons. The van der Waals surface area contributed by atoms with E-state index in [-0.39, 0.29) is 36.9 Å². The minimum Gasteiger partial charge on any atom is -0.456 e. The molecule has 0 unspecified atom stereocenters. The summed E-state index contributed by atoms with van der Waals surface area (Å²) in [4.78, 5) is 25.3. The summed E-state index contributed by atoms with van der Waals surface area (Å²) >= 11 is 0. The van der Waals surface area contributed by atoms with Crippen LogP contribution in [0.3, 0.4) is 0 Å². The van der Waals surface area contributed by atoms with Gasteiger partial charge in [-0.15, -0.1) is 0 Å². The van der Waals surface area contributed by atoms with Crippen molar-refractivity contribution >= 4 is 11.9 Å². The zero-order chi connectivity index (χ0) is 27.3. The van der Waals surface area contributed by atoms with Crippen molar-refractivity contribution < 1.29 is 19.1 Å². The first-order chi connectivity index (χ1) is 19.7. The van der Waals surface area contributed by atoms with Crippen molar-refractivity contribution in [2.24, 2.45) is 11.8 Å². The van der Waals surface area contributed by atoms with Crippen molar-refractivity contribution in [2.45, 2.75) is 11.8 Å². The molecule has 2 atom stereocenters. The molecule has 4 aromatic rings. The fourth-order valence-electron chi connectivity index (χ4n) is 6.05. The van der Waals surface area contributed by atoms with E-state index in [9.17, 15) is 9.59 Å². The molecule has 0 heterocycles. The minimum absolute atomic E-state index is 0.00591. The van der Waals surface area contributed by atoms with Gasteiger partial charge in [0.25, 0.3) is 0 Å². The largest absolute Gasteiger partial charge is 0.456 e. The van der Waals surface area contributed by atoms with Gasteiger partial charge in [-0.2, -0.15) is 0 Å². The van der Waals surface area contributed by atoms with Crippen molar-refractivity contribution in [3.8, 4) is 23.7 Å². The van der Waals surface area contributed by atoms with Crippen molar-refractivity contribution in [1.29, 1.82) is 0 Å². The third kappa shape index (κ3) is 5.13. The highest BCUT2D eigenvalue weighted by atomic mass is 16.5. The molecule has 2 bridgehead atoms. The zero-order valence-corrected chi connectivity index (χ0v) is 21.7. The Bertz CT molecular complexity index is 1490. The van der Waals surface area contributed by atoms with Crippen molar-refractivity contribution in [1.82, 2.24) is 0 Å². The summed E-state index contributed by atoms with van der Waals surface area (Å²) in [5.74, 6) is 9.63. The van der Waals surface area contributed by atoms with E-state index >= 15 is 0 Å². The topological polar surface area (TPSA) is 52.6 Å². The van der Waals surface area contributed by atoms with Crippen molar-refractivity contribution in [2.75, 3.05) is 13.2 Å². The summed E-state index contributed by atoms with van der Waals surface area (Å²) in [6.45, 7) is 0.341. The third-order valence-electron chi connectivity index (χ3n) is 7.72. The molecule has 0 saturated carbocycles. The number of carbonyl (C=O) groups excluding carboxylic acids is 2. The summed E-state index contributed by atoms with van der Waals surface area (Å²) < 4.78 is 11.5. The standard InChI is InChI=1S/C36H26O4/c37-33(21-19-25-11-3-1-4-12-25)39-23-31-32(24-40-34(38)22-20-26-13-5-2-6-14-26)36-29-17-9-7-15-27(29)35(31)28-16-8-10-18-30(28)36/h1-18,31-32,35-36H,23-24H2/t31-,32-,35?,36?/m0/s1. The summed E-state index contributed by atoms with van der Waals surface area (Å²) in [6.07, 6.45) is 0. The Morgan fingerprint density at radius 3 is 1.18 bits per heavy atom. The minimum atomic E-state index is -0.573. The van der Waals surface area contributed by atoms with Crippen LogP contribution in [0.4, 0.5) is 0 Å². The molecular formula is C36H26O4. The van der Waals surface area contributed by atoms with Gasteiger partial charge < -0.3 is 9.47 Å². The average molecular weight is 523 g/mol. The molecule has 0 N–H and O–H groups in total. The van der Waals surface area contributed by atoms with Crippen LogP contribution >= 0.6 is 0 Å². The van der Waals surface area contributed by atoms with E-state index in [2.05, 4.69) is 47.9 Å². The Morgan fingerprint density at radius 2 is 0.825 bits per heavy atom. The van der Waals surface area contributed by atoms with Gasteiger partial charge in [-0.25, -0.2) is 9.59 Å². The van der Waals surface area contributed by atoms with Crippen LogP contribution in [0.2, 0.25) is 0 Å². The van der Waals surface area contributed by atoms with Gasteiger partial charge in [-0.05, 0) is 46.5 Å². The molecule has 0 spiro atoms. The molecule has 3 aliphatic carbocycles. The van der Waals surface area contributed by atoms with Crippen LogP contribution in [0.1, 0.15) is 45.2 Å². The second-order valence-electron chi connectivity index (χ2n) is 9.97. The highest BCUT2D eigenvalue weighted by molar-refractivity contribution is 5.89. The highest BCUT2D eigenvalue weighted by Crippen LogP contribution is 2.58. The Hall–Kier alpha value is -5.06. The summed E-state index contributed by atoms with van der Waals surface area (Å²) in [7, 11) is 0. The fraction of sp³-hybridized carbons (Fsp3) is 0.167. The summed E-state index contributed by atoms with van der Waals surface area (Å²) in [5, 5.41) is 0. The molecule has 0 aromatic heterocycles. The first kappa shape index (κ1) is 25.2. The van der Waals surface area contributed by atoms with Crippen molar-refractivity contribution in [3.63, 3.8) is 0 Å². The van der Waals surface area contributed by atoms with E-state index < -0.39 is 11.9 Å². The van der Waals surface area contributed by atoms with Gasteiger partial charge in [0, 0.05) is 46.6 Å². The predicted octanol–water partition coefficient (Wildman–Crippen LogP) is 5.70. The van der Waals surface area contributed by atoms with Gasteiger partial charge in [0.15, 0.2) is 0 Å². The smallest absolute Gasteiger partial charge is 0.384 e. The van der Waals surface area contributed by atoms with Crippen molar-refractivity contribution in [3.05, 3.63) is 143 Å². The fourth-order valence-corrected chi connectivity index (χ4v) is 6.05. The van der Waals surface area contributed by atoms with Gasteiger partial charge in [0.05, 0.1) is 13.2 Å². The second-order valence-corrected chi connectivity index (χ2v) is 9.97. The quantitative estimate of drug-likeness (QED) is 0.255. The number of rotatable bonds is 4. The maximum absolute atomic E-state index is 12.6.